The molecule has 8 aromatic carbocycles. The zero-order chi connectivity index (χ0) is 99.4. The molecular formula is C91H89Cl6N9O31. The molecule has 12 bridgehead atoms. The Bertz CT molecular complexity index is 5660. The van der Waals surface area contributed by atoms with Crippen LogP contribution in [-0.2, 0) is 77.1 Å². The number of hydrogen-bond acceptors (Lipinski definition) is 33. The molecule has 726 valence electrons. The van der Waals surface area contributed by atoms with Crippen molar-refractivity contribution < 1.29 is 234 Å². The Morgan fingerprint density at radius 3 is 0.745 bits per heavy atom. The Morgan fingerprint density at radius 1 is 0.263 bits per heavy atom. The number of para-hydroxylation sites is 4. The minimum absolute atomic E-state index is 0.358. The first-order valence-electron chi connectivity index (χ1n) is 40.5. The van der Waals surface area contributed by atoms with Gasteiger partial charge < -0.3 is 33.2 Å². The highest BCUT2D eigenvalue weighted by atomic mass is 35.7. The fourth-order valence-electron chi connectivity index (χ4n) is 13.9. The third kappa shape index (κ3) is 42.1. The number of rotatable bonds is 24. The van der Waals surface area contributed by atoms with Gasteiger partial charge in [0.15, 0.2) is 75.8 Å². The van der Waals surface area contributed by atoms with Gasteiger partial charge in [0.25, 0.3) is 0 Å². The van der Waals surface area contributed by atoms with Crippen molar-refractivity contribution >= 4 is 43.6 Å². The molecule has 137 heavy (non-hydrogen) atoms. The topological polar surface area (TPSA) is 672 Å². The molecular weight excluding hydrogens is 1930 g/mol. The van der Waals surface area contributed by atoms with Crippen LogP contribution >= 0.6 is 0 Å². The maximum atomic E-state index is 8.49. The van der Waals surface area contributed by atoms with Crippen molar-refractivity contribution in [2.24, 2.45) is 14.1 Å². The Kier molecular flexibility index (Phi) is 42.6. The normalized spacial score (nSPS) is 12.0. The van der Waals surface area contributed by atoms with E-state index in [1.54, 1.807) is 4.68 Å². The number of fused-ring (bicyclic) bond motifs is 4. The first-order valence-corrected chi connectivity index (χ1v) is 47.9. The van der Waals surface area contributed by atoms with Crippen molar-refractivity contribution in [2.75, 3.05) is 72.7 Å². The summed E-state index contributed by atoms with van der Waals surface area (Å²) in [4.78, 5) is 0. The van der Waals surface area contributed by atoms with Crippen LogP contribution in [0.5, 0.6) is 11.5 Å². The van der Waals surface area contributed by atoms with Crippen molar-refractivity contribution in [1.29, 1.82) is 0 Å². The predicted octanol–water partition coefficient (Wildman–Crippen LogP) is -15.2. The van der Waals surface area contributed by atoms with Crippen LogP contribution in [0, 0.1) is 61.5 Å². The van der Waals surface area contributed by atoms with Gasteiger partial charge in [0, 0.05) is 106 Å². The molecule has 7 aromatic heterocycles. The molecule has 0 atom stereocenters. The lowest BCUT2D eigenvalue weighted by molar-refractivity contribution is -2.00. The molecule has 16 aliphatic rings. The van der Waals surface area contributed by atoms with E-state index >= 15 is 0 Å². The van der Waals surface area contributed by atoms with Gasteiger partial charge in [0.1, 0.15) is 44.5 Å². The fourth-order valence-corrected chi connectivity index (χ4v) is 13.9. The molecule has 40 nitrogen and oxygen atoms in total. The zero-order valence-electron chi connectivity index (χ0n) is 72.8. The maximum absolute atomic E-state index is 8.49. The van der Waals surface area contributed by atoms with E-state index in [9.17, 15) is 0 Å². The Hall–Kier alpha value is -11.0. The van der Waals surface area contributed by atoms with Crippen LogP contribution in [0.2, 0.25) is 0 Å². The number of aryl methyl sites for hydroxylation is 2. The predicted molar refractivity (Wildman–Crippen MR) is 414 cm³/mol. The molecule has 0 unspecified atom stereocenters. The third-order valence-corrected chi connectivity index (χ3v) is 19.6. The van der Waals surface area contributed by atoms with Crippen LogP contribution in [0.3, 0.4) is 0 Å². The van der Waals surface area contributed by atoms with Crippen LogP contribution < -0.4 is 149 Å². The molecule has 23 heterocycles. The highest BCUT2D eigenvalue weighted by molar-refractivity contribution is 6.08. The zero-order valence-corrected chi connectivity index (χ0v) is 77.3. The summed E-state index contributed by atoms with van der Waals surface area (Å²) in [5, 5.41) is 13.3. The fraction of sp³-hybridized carbons (Fsp3) is 0.209. The summed E-state index contributed by atoms with van der Waals surface area (Å²) in [5.74, 6) is 1.62. The summed E-state index contributed by atoms with van der Waals surface area (Å²) >= 11 is 0. The van der Waals surface area contributed by atoms with Crippen LogP contribution in [0.4, 0.5) is 0 Å². The second-order valence-electron chi connectivity index (χ2n) is 29.1. The van der Waals surface area contributed by atoms with E-state index in [-0.39, 0.29) is 0 Å². The summed E-state index contributed by atoms with van der Waals surface area (Å²) in [5.41, 5.74) is 20.4. The standard InChI is InChI=1S/C55H57N5O7.C36H32N4.6ClHO4/c1-58-50-15-7-3-11-46(50)54(47-12-4-8-16-51(47)58)41-19-23-44(24-20-41)66-37-35-63-30-29-61-28-27-60-39-43(56-57-60)40-65-34-33-62-31-32-64-36-38-67-45-25-21-42(22-26-45)55-48-13-5-9-17-52(48)59(2)53-18-10-6-14-49(53)55;1-2-30-4-3-29(1)25-37-17-9-33(10-18-37)35-13-21-39(22-14-35)27-31-5-7-32(8-6-31)28-40-23-15-36(16-24-40)34-11-19-38(26-30)20-12-34;6*2-1(3,4)5/h3-26,39H,27-38,40H2,1-2H3;1-24H,25-28H2;6*(H,2,3,4,5)/q+2;+4;;;;;;/p-6. The number of ether oxygens (including phenoxy) is 7. The van der Waals surface area contributed by atoms with Crippen LogP contribution in [-0.4, -0.2) is 87.7 Å². The van der Waals surface area contributed by atoms with Gasteiger partial charge in [-0.25, -0.2) is 135 Å². The number of halogens is 6. The van der Waals surface area contributed by atoms with Gasteiger partial charge >= 0.3 is 0 Å². The van der Waals surface area contributed by atoms with Gasteiger partial charge in [0.05, 0.1) is 100 Å². The van der Waals surface area contributed by atoms with Gasteiger partial charge in [-0.2, -0.15) is 9.13 Å². The van der Waals surface area contributed by atoms with Crippen LogP contribution in [0.1, 0.15) is 27.9 Å². The average molecular weight is 2020 g/mol. The minimum Gasteiger partial charge on any atom is -0.491 e. The summed E-state index contributed by atoms with van der Waals surface area (Å²) in [6.45, 7) is 9.53. The van der Waals surface area contributed by atoms with E-state index in [1.807, 2.05) is 30.5 Å². The number of hydrogen-bond donors (Lipinski definition) is 0. The molecule has 0 amide bonds. The summed E-state index contributed by atoms with van der Waals surface area (Å²) in [7, 11) is -25.4. The van der Waals surface area contributed by atoms with Gasteiger partial charge in [-0.05, 0) is 81.9 Å². The van der Waals surface area contributed by atoms with E-state index in [4.69, 9.17) is 145 Å². The molecule has 0 saturated carbocycles. The van der Waals surface area contributed by atoms with Crippen molar-refractivity contribution in [3.05, 3.63) is 326 Å². The Balaban J connectivity index is 0.000000250. The van der Waals surface area contributed by atoms with E-state index in [0.717, 1.165) is 54.5 Å². The lowest BCUT2D eigenvalue weighted by atomic mass is 9.96. The van der Waals surface area contributed by atoms with Crippen molar-refractivity contribution in [3.63, 3.8) is 0 Å². The molecule has 0 saturated heterocycles. The van der Waals surface area contributed by atoms with E-state index in [0.29, 0.717) is 85.8 Å². The highest BCUT2D eigenvalue weighted by Crippen LogP contribution is 2.37. The Labute approximate surface area is 796 Å². The highest BCUT2D eigenvalue weighted by Gasteiger charge is 2.22. The molecule has 31 rings (SSSR count). The average Bonchev–Trinajstić information content (AvgIpc) is 1.22. The van der Waals surface area contributed by atoms with E-state index < -0.39 is 61.5 Å². The molecule has 46 heteroatoms. The summed E-state index contributed by atoms with van der Waals surface area (Å²) < 4.78 is 260. The minimum atomic E-state index is -4.94. The van der Waals surface area contributed by atoms with Crippen molar-refractivity contribution in [3.8, 4) is 56.0 Å². The third-order valence-electron chi connectivity index (χ3n) is 19.6. The second kappa shape index (κ2) is 53.3. The Morgan fingerprint density at radius 2 is 0.489 bits per heavy atom. The lowest BCUT2D eigenvalue weighted by Gasteiger charge is -2.17. The van der Waals surface area contributed by atoms with Crippen molar-refractivity contribution in [2.45, 2.75) is 39.3 Å². The summed E-state index contributed by atoms with van der Waals surface area (Å²) in [6, 6.07) is 86.3. The van der Waals surface area contributed by atoms with Gasteiger partial charge in [0.2, 0.25) is 22.1 Å². The summed E-state index contributed by atoms with van der Waals surface area (Å²) in [6.07, 6.45) is 19.2. The monoisotopic (exact) mass is 2010 g/mol. The van der Waals surface area contributed by atoms with Crippen LogP contribution in [0.15, 0.2) is 298 Å². The number of benzene rings is 8. The number of aromatic nitrogens is 9. The van der Waals surface area contributed by atoms with E-state index in [1.165, 1.54) is 99.2 Å². The lowest BCUT2D eigenvalue weighted by Crippen LogP contribution is -2.68. The van der Waals surface area contributed by atoms with E-state index in [2.05, 4.69) is 320 Å². The van der Waals surface area contributed by atoms with Gasteiger partial charge in [-0.3, -0.25) is 0 Å². The smallest absolute Gasteiger partial charge is 0.213 e. The molecule has 0 spiro atoms. The number of pyridine rings is 6. The first-order chi connectivity index (χ1) is 64.8. The quantitative estimate of drug-likeness (QED) is 0.0308. The number of nitrogens with zero attached hydrogens (tertiary/aromatic N) is 9. The van der Waals surface area contributed by atoms with Gasteiger partial charge in [-0.1, -0.05) is 127 Å². The van der Waals surface area contributed by atoms with Crippen molar-refractivity contribution in [1.82, 2.24) is 15.0 Å². The molecule has 15 aromatic rings. The molecule has 0 N–H and O–H groups in total. The van der Waals surface area contributed by atoms with Gasteiger partial charge in [-0.15, -0.1) is 66.6 Å². The first kappa shape index (κ1) is 110. The molecule has 0 aliphatic carbocycles. The molecule has 16 aliphatic heterocycles. The molecule has 0 radical (unpaired) electrons. The van der Waals surface area contributed by atoms with Crippen LogP contribution in [0.25, 0.3) is 88.1 Å². The SMILES string of the molecule is C[n+]1c2ccccc2c(-c2ccc(OCCOCCOCCOCc3cn(CCOCCOCCOc4ccc(-c5c6ccccc6[n+](C)c6ccccc56)cc4)nn3)cc2)c2ccccc21.[O-][Cl+3]([O-])([O-])[O-].[O-][Cl+3]([O-])([O-])[O-].[O-][Cl+3]([O-])([O-])[O-].[O-][Cl+3]([O-])([O-])[O-].[O-][Cl+3]([O-])([O-])[O-].[O-][Cl+3]([O-])([O-])[O-].c1cc2ccc1C[n+]1ccc(cc1)-c1cc[n+](cc1)Cc1ccc(cc1)C[n+]1ccc(cc1)-c1cc[n+](cc1)C2. The second-order valence-corrected chi connectivity index (χ2v) is 33.6. The maximum Gasteiger partial charge on any atom is 0.213 e. The molecule has 0 fully saturated rings. The largest absolute Gasteiger partial charge is 0.491 e.